The van der Waals surface area contributed by atoms with Gasteiger partial charge in [0.05, 0.1) is 17.6 Å². The zero-order valence-corrected chi connectivity index (χ0v) is 10.8. The first-order valence-corrected chi connectivity index (χ1v) is 6.06. The number of hydrogen-bond acceptors (Lipinski definition) is 3. The van der Waals surface area contributed by atoms with Crippen LogP contribution < -0.4 is 4.90 Å². The Kier molecular flexibility index (Phi) is 5.19. The van der Waals surface area contributed by atoms with Crippen molar-refractivity contribution in [1.29, 1.82) is 5.26 Å². The summed E-state index contributed by atoms with van der Waals surface area (Å²) in [7, 11) is 0. The normalized spacial score (nSPS) is 11.6. The third kappa shape index (κ3) is 3.77. The topological polar surface area (TPSA) is 64.3 Å². The average molecular weight is 246 g/mol. The number of rotatable bonds is 6. The van der Waals surface area contributed by atoms with Crippen molar-refractivity contribution >= 4 is 11.7 Å². The summed E-state index contributed by atoms with van der Waals surface area (Å²) in [5.74, 6) is -1.23. The molecular weight excluding hydrogens is 228 g/mol. The molecule has 0 saturated heterocycles. The second-order valence-electron chi connectivity index (χ2n) is 4.35. The lowest BCUT2D eigenvalue weighted by atomic mass is 10.1. The summed E-state index contributed by atoms with van der Waals surface area (Å²) < 4.78 is 0. The van der Waals surface area contributed by atoms with Gasteiger partial charge >= 0.3 is 5.97 Å². The molecule has 4 nitrogen and oxygen atoms in total. The van der Waals surface area contributed by atoms with Crippen molar-refractivity contribution in [2.75, 3.05) is 18.0 Å². The molecule has 0 amide bonds. The Bertz CT molecular complexity index is 451. The van der Waals surface area contributed by atoms with E-state index in [4.69, 9.17) is 10.4 Å². The van der Waals surface area contributed by atoms with Crippen molar-refractivity contribution < 1.29 is 9.90 Å². The van der Waals surface area contributed by atoms with Gasteiger partial charge < -0.3 is 10.0 Å². The molecule has 1 atom stereocenters. The predicted molar refractivity (Wildman–Crippen MR) is 70.5 cm³/mol. The highest BCUT2D eigenvalue weighted by molar-refractivity contribution is 5.70. The van der Waals surface area contributed by atoms with Crippen LogP contribution in [0.5, 0.6) is 0 Å². The van der Waals surface area contributed by atoms with Crippen molar-refractivity contribution in [1.82, 2.24) is 0 Å². The number of aliphatic carboxylic acids is 1. The standard InChI is InChI=1S/C14H18N2O2/c1-3-7-16(10-11(2)14(17)18)13-6-4-5-12(8-13)9-15/h4-6,8,11H,3,7,10H2,1-2H3,(H,17,18). The molecule has 0 bridgehead atoms. The van der Waals surface area contributed by atoms with Crippen LogP contribution in [0.3, 0.4) is 0 Å². The number of carboxylic acid groups (broad SMARTS) is 1. The molecule has 4 heteroatoms. The quantitative estimate of drug-likeness (QED) is 0.837. The van der Waals surface area contributed by atoms with E-state index in [1.54, 1.807) is 19.1 Å². The first-order chi connectivity index (χ1) is 8.58. The van der Waals surface area contributed by atoms with Crippen LogP contribution in [0.1, 0.15) is 25.8 Å². The first kappa shape index (κ1) is 14.0. The number of nitrogens with zero attached hydrogens (tertiary/aromatic N) is 2. The molecule has 0 radical (unpaired) electrons. The van der Waals surface area contributed by atoms with E-state index in [2.05, 4.69) is 6.07 Å². The minimum Gasteiger partial charge on any atom is -0.481 e. The van der Waals surface area contributed by atoms with Crippen LogP contribution in [0.15, 0.2) is 24.3 Å². The molecule has 1 aromatic carbocycles. The van der Waals surface area contributed by atoms with Crippen LogP contribution in [0.4, 0.5) is 5.69 Å². The average Bonchev–Trinajstić information content (AvgIpc) is 2.38. The van der Waals surface area contributed by atoms with Crippen molar-refractivity contribution in [3.05, 3.63) is 29.8 Å². The van der Waals surface area contributed by atoms with E-state index in [0.29, 0.717) is 12.1 Å². The number of nitriles is 1. The van der Waals surface area contributed by atoms with E-state index in [9.17, 15) is 4.79 Å². The number of benzene rings is 1. The molecule has 0 aliphatic heterocycles. The van der Waals surface area contributed by atoms with Crippen LogP contribution >= 0.6 is 0 Å². The minimum atomic E-state index is -0.799. The fourth-order valence-corrected chi connectivity index (χ4v) is 1.78. The van der Waals surface area contributed by atoms with Crippen molar-refractivity contribution in [2.45, 2.75) is 20.3 Å². The molecule has 0 spiro atoms. The fourth-order valence-electron chi connectivity index (χ4n) is 1.78. The van der Waals surface area contributed by atoms with Crippen LogP contribution in [0, 0.1) is 17.2 Å². The van der Waals surface area contributed by atoms with Crippen molar-refractivity contribution in [2.24, 2.45) is 5.92 Å². The molecule has 96 valence electrons. The van der Waals surface area contributed by atoms with Crippen LogP contribution in [0.2, 0.25) is 0 Å². The molecule has 18 heavy (non-hydrogen) atoms. The van der Waals surface area contributed by atoms with Crippen molar-refractivity contribution in [3.8, 4) is 6.07 Å². The highest BCUT2D eigenvalue weighted by Gasteiger charge is 2.16. The van der Waals surface area contributed by atoms with Gasteiger partial charge in [-0.3, -0.25) is 4.79 Å². The van der Waals surface area contributed by atoms with Gasteiger partial charge in [0.25, 0.3) is 0 Å². The predicted octanol–water partition coefficient (Wildman–Crippen LogP) is 2.50. The van der Waals surface area contributed by atoms with E-state index in [0.717, 1.165) is 18.7 Å². The Hall–Kier alpha value is -2.02. The molecule has 0 fully saturated rings. The smallest absolute Gasteiger partial charge is 0.308 e. The lowest BCUT2D eigenvalue weighted by Crippen LogP contribution is -2.32. The van der Waals surface area contributed by atoms with Gasteiger partial charge in [0.15, 0.2) is 0 Å². The van der Waals surface area contributed by atoms with E-state index in [1.165, 1.54) is 0 Å². The van der Waals surface area contributed by atoms with Crippen LogP contribution in [-0.4, -0.2) is 24.2 Å². The molecular formula is C14H18N2O2. The molecule has 1 N–H and O–H groups in total. The maximum atomic E-state index is 10.9. The summed E-state index contributed by atoms with van der Waals surface area (Å²) in [4.78, 5) is 12.9. The zero-order valence-electron chi connectivity index (χ0n) is 10.8. The Morgan fingerprint density at radius 3 is 2.83 bits per heavy atom. The molecule has 0 saturated carbocycles. The Labute approximate surface area is 107 Å². The number of carbonyl (C=O) groups is 1. The van der Waals surface area contributed by atoms with E-state index in [-0.39, 0.29) is 0 Å². The molecule has 0 heterocycles. The summed E-state index contributed by atoms with van der Waals surface area (Å²) in [6, 6.07) is 9.37. The number of carboxylic acids is 1. The van der Waals surface area contributed by atoms with Gasteiger partial charge in [-0.2, -0.15) is 5.26 Å². The van der Waals surface area contributed by atoms with E-state index in [1.807, 2.05) is 24.0 Å². The van der Waals surface area contributed by atoms with Gasteiger partial charge in [-0.05, 0) is 24.6 Å². The lowest BCUT2D eigenvalue weighted by molar-refractivity contribution is -0.140. The summed E-state index contributed by atoms with van der Waals surface area (Å²) in [5.41, 5.74) is 1.50. The third-order valence-electron chi connectivity index (χ3n) is 2.75. The molecule has 0 aromatic heterocycles. The van der Waals surface area contributed by atoms with Gasteiger partial charge in [0.2, 0.25) is 0 Å². The minimum absolute atomic E-state index is 0.428. The Morgan fingerprint density at radius 2 is 2.28 bits per heavy atom. The van der Waals surface area contributed by atoms with Gasteiger partial charge in [-0.15, -0.1) is 0 Å². The fraction of sp³-hybridized carbons (Fsp3) is 0.429. The van der Waals surface area contributed by atoms with Gasteiger partial charge in [-0.25, -0.2) is 0 Å². The third-order valence-corrected chi connectivity index (χ3v) is 2.75. The number of hydrogen-bond donors (Lipinski definition) is 1. The summed E-state index contributed by atoms with van der Waals surface area (Å²) >= 11 is 0. The van der Waals surface area contributed by atoms with Gasteiger partial charge in [0.1, 0.15) is 0 Å². The summed E-state index contributed by atoms with van der Waals surface area (Å²) in [6.45, 7) is 4.98. The monoisotopic (exact) mass is 246 g/mol. The Balaban J connectivity index is 2.89. The van der Waals surface area contributed by atoms with Crippen LogP contribution in [-0.2, 0) is 4.79 Å². The summed E-state index contributed by atoms with van der Waals surface area (Å²) in [5, 5.41) is 17.8. The highest BCUT2D eigenvalue weighted by atomic mass is 16.4. The zero-order chi connectivity index (χ0) is 13.5. The van der Waals surface area contributed by atoms with Crippen molar-refractivity contribution in [3.63, 3.8) is 0 Å². The molecule has 1 rings (SSSR count). The maximum Gasteiger partial charge on any atom is 0.308 e. The Morgan fingerprint density at radius 1 is 1.56 bits per heavy atom. The second kappa shape index (κ2) is 6.65. The summed E-state index contributed by atoms with van der Waals surface area (Å²) in [6.07, 6.45) is 0.934. The van der Waals surface area contributed by atoms with Gasteiger partial charge in [0, 0.05) is 18.8 Å². The molecule has 1 unspecified atom stereocenters. The maximum absolute atomic E-state index is 10.9. The molecule has 0 aliphatic carbocycles. The highest BCUT2D eigenvalue weighted by Crippen LogP contribution is 2.18. The SMILES string of the molecule is CCCN(CC(C)C(=O)O)c1cccc(C#N)c1. The largest absolute Gasteiger partial charge is 0.481 e. The van der Waals surface area contributed by atoms with E-state index < -0.39 is 11.9 Å². The lowest BCUT2D eigenvalue weighted by Gasteiger charge is -2.26. The van der Waals surface area contributed by atoms with E-state index >= 15 is 0 Å². The first-order valence-electron chi connectivity index (χ1n) is 6.06. The van der Waals surface area contributed by atoms with Gasteiger partial charge in [-0.1, -0.05) is 19.9 Å². The van der Waals surface area contributed by atoms with Crippen LogP contribution in [0.25, 0.3) is 0 Å². The second-order valence-corrected chi connectivity index (χ2v) is 4.35. The number of anilines is 1. The molecule has 1 aromatic rings. The molecule has 0 aliphatic rings.